The molecular weight excluding hydrogens is 596 g/mol. The lowest BCUT2D eigenvalue weighted by Gasteiger charge is -2.73. The van der Waals surface area contributed by atoms with E-state index in [0.717, 1.165) is 44.3 Å². The molecule has 2 N–H and O–H groups in total. The Morgan fingerprint density at radius 1 is 0.875 bits per heavy atom. The molecule has 0 amide bonds. The number of carboxylic acids is 1. The molecule has 5 aliphatic carbocycles. The van der Waals surface area contributed by atoms with Crippen LogP contribution in [0.1, 0.15) is 139 Å². The first-order valence-corrected chi connectivity index (χ1v) is 19.6. The average Bonchev–Trinajstić information content (AvgIpc) is 3.34. The van der Waals surface area contributed by atoms with Crippen LogP contribution in [0.5, 0.6) is 0 Å². The molecule has 5 aliphatic rings. The van der Waals surface area contributed by atoms with Gasteiger partial charge in [0.25, 0.3) is 0 Å². The van der Waals surface area contributed by atoms with Gasteiger partial charge < -0.3 is 20.1 Å². The zero-order chi connectivity index (χ0) is 35.5. The average molecular weight is 669 g/mol. The number of nitrogens with one attached hydrogen (secondary N) is 1. The lowest BCUT2D eigenvalue weighted by molar-refractivity contribution is -0.250. The van der Waals surface area contributed by atoms with Crippen LogP contribution in [0.25, 0.3) is 0 Å². The van der Waals surface area contributed by atoms with Crippen LogP contribution in [0.2, 0.25) is 0 Å². The SMILES string of the molecule is C=C(C)C1CC[C@]2(CCNCCN(C)C)CC[C@]3(C)[C@H](CC[C@@H]4[C@@]5(C)CC[C@H](OC(=O)CC(C)(C)CC(=O)O)C(C)(C)C5CC[C@]43C)[C@H]12. The molecule has 0 aromatic rings. The monoisotopic (exact) mass is 669 g/mol. The lowest BCUT2D eigenvalue weighted by atomic mass is 9.32. The summed E-state index contributed by atoms with van der Waals surface area (Å²) in [6.07, 6.45) is 13.9. The summed E-state index contributed by atoms with van der Waals surface area (Å²) in [4.78, 5) is 26.8. The van der Waals surface area contributed by atoms with Crippen LogP contribution in [0.3, 0.4) is 0 Å². The van der Waals surface area contributed by atoms with Gasteiger partial charge in [-0.3, -0.25) is 9.59 Å². The van der Waals surface area contributed by atoms with Crippen molar-refractivity contribution in [1.82, 2.24) is 10.2 Å². The predicted molar refractivity (Wildman–Crippen MR) is 196 cm³/mol. The van der Waals surface area contributed by atoms with E-state index in [9.17, 15) is 14.7 Å². The number of likely N-dealkylation sites (N-methyl/N-ethyl adjacent to an activating group) is 1. The summed E-state index contributed by atoms with van der Waals surface area (Å²) in [6, 6.07) is 0. The second kappa shape index (κ2) is 13.3. The molecule has 5 fully saturated rings. The van der Waals surface area contributed by atoms with E-state index in [1.165, 1.54) is 63.4 Å². The molecule has 0 aromatic carbocycles. The first-order chi connectivity index (χ1) is 22.2. The Balaban J connectivity index is 1.35. The van der Waals surface area contributed by atoms with E-state index in [4.69, 9.17) is 4.74 Å². The smallest absolute Gasteiger partial charge is 0.306 e. The van der Waals surface area contributed by atoms with Gasteiger partial charge in [-0.25, -0.2) is 0 Å². The van der Waals surface area contributed by atoms with Crippen molar-refractivity contribution in [2.75, 3.05) is 33.7 Å². The molecule has 5 rings (SSSR count). The highest BCUT2D eigenvalue weighted by Crippen LogP contribution is 2.78. The van der Waals surface area contributed by atoms with Gasteiger partial charge in [0.1, 0.15) is 6.10 Å². The van der Waals surface area contributed by atoms with Crippen LogP contribution in [-0.2, 0) is 14.3 Å². The van der Waals surface area contributed by atoms with Gasteiger partial charge in [-0.2, -0.15) is 0 Å². The van der Waals surface area contributed by atoms with E-state index in [1.54, 1.807) is 0 Å². The number of hydrogen-bond acceptors (Lipinski definition) is 5. The molecule has 0 radical (unpaired) electrons. The second-order valence-corrected chi connectivity index (χ2v) is 20.1. The standard InChI is InChI=1S/C42H72N2O4/c1-28(2)29-14-19-42(22-23-43-24-25-44(10)11)21-20-40(8)30(36(29)42)12-13-32-39(7)17-16-33(38(5,6)31(39)15-18-41(32,40)9)48-35(47)27-37(3,4)26-34(45)46/h29-33,36,43H,1,12-27H2,2-11H3,(H,45,46)/t29?,30-,31?,32-,33+,36+,39+,40-,41-,42-/m1/s1. The van der Waals surface area contributed by atoms with E-state index in [0.29, 0.717) is 34.0 Å². The van der Waals surface area contributed by atoms with Crippen molar-refractivity contribution >= 4 is 11.9 Å². The van der Waals surface area contributed by atoms with Crippen LogP contribution in [0, 0.1) is 62.1 Å². The maximum Gasteiger partial charge on any atom is 0.306 e. The van der Waals surface area contributed by atoms with E-state index >= 15 is 0 Å². The van der Waals surface area contributed by atoms with Gasteiger partial charge >= 0.3 is 11.9 Å². The van der Waals surface area contributed by atoms with Crippen LogP contribution in [-0.4, -0.2) is 61.8 Å². The van der Waals surface area contributed by atoms with Crippen molar-refractivity contribution in [3.05, 3.63) is 12.2 Å². The Kier molecular flexibility index (Phi) is 10.5. The largest absolute Gasteiger partial charge is 0.481 e. The highest BCUT2D eigenvalue weighted by Gasteiger charge is 2.71. The Labute approximate surface area is 294 Å². The van der Waals surface area contributed by atoms with Crippen LogP contribution in [0.4, 0.5) is 0 Å². The normalized spacial score (nSPS) is 41.9. The molecule has 0 aromatic heterocycles. The topological polar surface area (TPSA) is 78.9 Å². The summed E-state index contributed by atoms with van der Waals surface area (Å²) in [5.74, 6) is 2.26. The molecule has 10 atom stereocenters. The molecule has 0 spiro atoms. The Morgan fingerprint density at radius 2 is 1.58 bits per heavy atom. The zero-order valence-electron chi connectivity index (χ0n) is 32.6. The number of esters is 1. The maximum atomic E-state index is 13.2. The molecule has 0 aliphatic heterocycles. The number of rotatable bonds is 12. The maximum absolute atomic E-state index is 13.2. The van der Waals surface area contributed by atoms with Crippen molar-refractivity contribution in [2.45, 2.75) is 145 Å². The third kappa shape index (κ3) is 6.46. The zero-order valence-corrected chi connectivity index (χ0v) is 32.6. The molecule has 0 saturated heterocycles. The summed E-state index contributed by atoms with van der Waals surface area (Å²) >= 11 is 0. The highest BCUT2D eigenvalue weighted by atomic mass is 16.5. The molecular formula is C42H72N2O4. The Hall–Kier alpha value is -1.40. The van der Waals surface area contributed by atoms with Crippen molar-refractivity contribution in [3.63, 3.8) is 0 Å². The van der Waals surface area contributed by atoms with Gasteiger partial charge in [-0.05, 0) is 155 Å². The van der Waals surface area contributed by atoms with E-state index in [-0.39, 0.29) is 35.7 Å². The van der Waals surface area contributed by atoms with Crippen molar-refractivity contribution < 1.29 is 19.4 Å². The highest BCUT2D eigenvalue weighted by molar-refractivity contribution is 5.73. The molecule has 2 unspecified atom stereocenters. The number of ether oxygens (including phenoxy) is 1. The first-order valence-electron chi connectivity index (χ1n) is 19.6. The van der Waals surface area contributed by atoms with Crippen LogP contribution < -0.4 is 5.32 Å². The number of carbonyl (C=O) groups is 2. The third-order valence-corrected chi connectivity index (χ3v) is 16.2. The summed E-state index contributed by atoms with van der Waals surface area (Å²) in [5.41, 5.74) is 2.01. The van der Waals surface area contributed by atoms with Gasteiger partial charge in [-0.15, -0.1) is 0 Å². The summed E-state index contributed by atoms with van der Waals surface area (Å²) in [7, 11) is 4.32. The molecule has 274 valence electrons. The number of aliphatic carboxylic acids is 1. The van der Waals surface area contributed by atoms with Gasteiger partial charge in [0.15, 0.2) is 0 Å². The number of fused-ring (bicyclic) bond motifs is 7. The van der Waals surface area contributed by atoms with Crippen molar-refractivity contribution in [2.24, 2.45) is 62.1 Å². The third-order valence-electron chi connectivity index (χ3n) is 16.2. The summed E-state index contributed by atoms with van der Waals surface area (Å²) < 4.78 is 6.29. The van der Waals surface area contributed by atoms with Crippen LogP contribution >= 0.6 is 0 Å². The number of carboxylic acid groups (broad SMARTS) is 1. The van der Waals surface area contributed by atoms with Crippen LogP contribution in [0.15, 0.2) is 12.2 Å². The quantitative estimate of drug-likeness (QED) is 0.123. The molecule has 48 heavy (non-hydrogen) atoms. The van der Waals surface area contributed by atoms with Crippen molar-refractivity contribution in [1.29, 1.82) is 0 Å². The number of hydrogen-bond donors (Lipinski definition) is 2. The molecule has 0 heterocycles. The van der Waals surface area contributed by atoms with Gasteiger partial charge in [0.05, 0.1) is 12.8 Å². The van der Waals surface area contributed by atoms with E-state index in [1.807, 2.05) is 13.8 Å². The minimum absolute atomic E-state index is 0.0281. The number of nitrogens with zero attached hydrogens (tertiary/aromatic N) is 1. The lowest BCUT2D eigenvalue weighted by Crippen LogP contribution is -2.66. The van der Waals surface area contributed by atoms with Gasteiger partial charge in [0, 0.05) is 18.5 Å². The second-order valence-electron chi connectivity index (χ2n) is 20.1. The van der Waals surface area contributed by atoms with Gasteiger partial charge in [-0.1, -0.05) is 60.6 Å². The minimum Gasteiger partial charge on any atom is -0.481 e. The van der Waals surface area contributed by atoms with E-state index < -0.39 is 11.4 Å². The minimum atomic E-state index is -0.866. The van der Waals surface area contributed by atoms with E-state index in [2.05, 4.69) is 72.4 Å². The van der Waals surface area contributed by atoms with Crippen molar-refractivity contribution in [3.8, 4) is 0 Å². The summed E-state index contributed by atoms with van der Waals surface area (Å²) in [6.45, 7) is 26.7. The fraction of sp³-hybridized carbons (Fsp3) is 0.905. The number of carbonyl (C=O) groups excluding carboxylic acids is 1. The Morgan fingerprint density at radius 3 is 2.23 bits per heavy atom. The first kappa shape index (κ1) is 37.8. The molecule has 6 heteroatoms. The molecule has 5 saturated carbocycles. The predicted octanol–water partition coefficient (Wildman–Crippen LogP) is 8.99. The molecule has 0 bridgehead atoms. The fourth-order valence-corrected chi connectivity index (χ4v) is 13.7. The summed E-state index contributed by atoms with van der Waals surface area (Å²) in [5, 5.41) is 13.1. The Bertz CT molecular complexity index is 1230. The fourth-order valence-electron chi connectivity index (χ4n) is 13.7. The molecule has 6 nitrogen and oxygen atoms in total. The van der Waals surface area contributed by atoms with Gasteiger partial charge in [0.2, 0.25) is 0 Å². The number of allylic oxidation sites excluding steroid dienone is 1.